The Kier molecular flexibility index (Phi) is 5.53. The number of aryl methyl sites for hydroxylation is 1. The van der Waals surface area contributed by atoms with Crippen LogP contribution in [0, 0.1) is 0 Å². The summed E-state index contributed by atoms with van der Waals surface area (Å²) in [5.41, 5.74) is 0.913. The van der Waals surface area contributed by atoms with Gasteiger partial charge < -0.3 is 5.32 Å². The Bertz CT molecular complexity index is 1270. The highest BCUT2D eigenvalue weighted by Gasteiger charge is 2.35. The summed E-state index contributed by atoms with van der Waals surface area (Å²) in [6.45, 7) is 1.94. The molecule has 0 bridgehead atoms. The monoisotopic (exact) mass is 488 g/mol. The molecule has 0 atom stereocenters. The van der Waals surface area contributed by atoms with Crippen molar-refractivity contribution in [2.45, 2.75) is 19.5 Å². The van der Waals surface area contributed by atoms with Gasteiger partial charge in [-0.3, -0.25) is 4.79 Å². The van der Waals surface area contributed by atoms with Gasteiger partial charge in [-0.2, -0.15) is 18.3 Å². The van der Waals surface area contributed by atoms with Crippen molar-refractivity contribution >= 4 is 33.2 Å². The van der Waals surface area contributed by atoms with Crippen LogP contribution in [0.3, 0.4) is 0 Å². The van der Waals surface area contributed by atoms with E-state index < -0.39 is 17.8 Å². The summed E-state index contributed by atoms with van der Waals surface area (Å²) in [5.74, 6) is -0.607. The standard InChI is InChI=1S/C22H16BrF3N4O/c1-2-13-5-3-4-6-16(13)28-21(31)18-12-20-27-17(14-7-9-15(23)10-8-14)11-19(22(24,25)26)30(20)29-18/h3-12H,2H2,1H3,(H,28,31). The summed E-state index contributed by atoms with van der Waals surface area (Å²) in [7, 11) is 0. The van der Waals surface area contributed by atoms with E-state index in [0.29, 0.717) is 22.2 Å². The van der Waals surface area contributed by atoms with Crippen LogP contribution in [-0.2, 0) is 12.6 Å². The Balaban J connectivity index is 1.78. The van der Waals surface area contributed by atoms with Crippen molar-refractivity contribution in [3.05, 3.63) is 82.1 Å². The lowest BCUT2D eigenvalue weighted by Gasteiger charge is -2.11. The lowest BCUT2D eigenvalue weighted by molar-refractivity contribution is -0.142. The molecule has 0 spiro atoms. The number of para-hydroxylation sites is 1. The van der Waals surface area contributed by atoms with Crippen molar-refractivity contribution in [3.8, 4) is 11.3 Å². The largest absolute Gasteiger partial charge is 0.433 e. The molecule has 1 amide bonds. The van der Waals surface area contributed by atoms with Crippen LogP contribution < -0.4 is 5.32 Å². The van der Waals surface area contributed by atoms with Gasteiger partial charge in [-0.05, 0) is 36.2 Å². The minimum atomic E-state index is -4.68. The fraction of sp³-hybridized carbons (Fsp3) is 0.136. The van der Waals surface area contributed by atoms with Crippen LogP contribution in [0.4, 0.5) is 18.9 Å². The van der Waals surface area contributed by atoms with Gasteiger partial charge in [0.15, 0.2) is 17.0 Å². The first-order chi connectivity index (χ1) is 14.8. The van der Waals surface area contributed by atoms with Crippen LogP contribution in [0.2, 0.25) is 0 Å². The Labute approximate surface area is 184 Å². The summed E-state index contributed by atoms with van der Waals surface area (Å²) in [6, 6.07) is 16.2. The second kappa shape index (κ2) is 8.14. The molecule has 2 heterocycles. The molecule has 0 saturated heterocycles. The molecule has 0 saturated carbocycles. The van der Waals surface area contributed by atoms with Crippen molar-refractivity contribution in [2.24, 2.45) is 0 Å². The van der Waals surface area contributed by atoms with Crippen LogP contribution in [0.15, 0.2) is 65.1 Å². The predicted octanol–water partition coefficient (Wildman–Crippen LogP) is 5.99. The smallest absolute Gasteiger partial charge is 0.320 e. The number of carbonyl (C=O) groups is 1. The van der Waals surface area contributed by atoms with Crippen molar-refractivity contribution < 1.29 is 18.0 Å². The molecule has 2 aromatic carbocycles. The summed E-state index contributed by atoms with van der Waals surface area (Å²) < 4.78 is 42.7. The van der Waals surface area contributed by atoms with Gasteiger partial charge >= 0.3 is 6.18 Å². The molecule has 4 rings (SSSR count). The third-order valence-electron chi connectivity index (χ3n) is 4.74. The maximum absolute atomic E-state index is 13.7. The number of nitrogens with one attached hydrogen (secondary N) is 1. The van der Waals surface area contributed by atoms with Gasteiger partial charge in [0, 0.05) is 21.8 Å². The van der Waals surface area contributed by atoms with Crippen LogP contribution in [0.5, 0.6) is 0 Å². The Morgan fingerprint density at radius 1 is 1.10 bits per heavy atom. The number of amides is 1. The summed E-state index contributed by atoms with van der Waals surface area (Å²) in [4.78, 5) is 17.0. The van der Waals surface area contributed by atoms with E-state index in [1.807, 2.05) is 19.1 Å². The number of nitrogens with zero attached hydrogens (tertiary/aromatic N) is 3. The lowest BCUT2D eigenvalue weighted by atomic mass is 10.1. The zero-order valence-electron chi connectivity index (χ0n) is 16.2. The van der Waals surface area contributed by atoms with Gasteiger partial charge in [0.1, 0.15) is 0 Å². The number of aromatic nitrogens is 3. The average molecular weight is 489 g/mol. The molecule has 0 fully saturated rings. The number of fused-ring (bicyclic) bond motifs is 1. The zero-order valence-corrected chi connectivity index (χ0v) is 17.8. The van der Waals surface area contributed by atoms with E-state index in [2.05, 4.69) is 31.3 Å². The van der Waals surface area contributed by atoms with E-state index in [1.54, 1.807) is 36.4 Å². The van der Waals surface area contributed by atoms with Crippen LogP contribution >= 0.6 is 15.9 Å². The number of hydrogen-bond donors (Lipinski definition) is 1. The molecule has 158 valence electrons. The zero-order chi connectivity index (χ0) is 22.2. The Morgan fingerprint density at radius 3 is 2.48 bits per heavy atom. The lowest BCUT2D eigenvalue weighted by Crippen LogP contribution is -2.16. The highest BCUT2D eigenvalue weighted by atomic mass is 79.9. The van der Waals surface area contributed by atoms with Crippen LogP contribution in [0.25, 0.3) is 16.9 Å². The molecule has 0 aliphatic heterocycles. The first-order valence-electron chi connectivity index (χ1n) is 9.39. The van der Waals surface area contributed by atoms with E-state index in [-0.39, 0.29) is 17.0 Å². The Hall–Kier alpha value is -3.20. The number of benzene rings is 2. The van der Waals surface area contributed by atoms with Crippen LogP contribution in [-0.4, -0.2) is 20.5 Å². The van der Waals surface area contributed by atoms with Crippen molar-refractivity contribution in [1.82, 2.24) is 14.6 Å². The Morgan fingerprint density at radius 2 is 1.81 bits per heavy atom. The topological polar surface area (TPSA) is 59.3 Å². The van der Waals surface area contributed by atoms with Crippen molar-refractivity contribution in [1.29, 1.82) is 0 Å². The highest BCUT2D eigenvalue weighted by Crippen LogP contribution is 2.32. The van der Waals surface area contributed by atoms with E-state index in [1.165, 1.54) is 6.07 Å². The first-order valence-corrected chi connectivity index (χ1v) is 10.2. The molecule has 0 unspecified atom stereocenters. The first kappa shape index (κ1) is 21.0. The molecule has 0 aliphatic carbocycles. The number of halogens is 4. The number of hydrogen-bond acceptors (Lipinski definition) is 3. The third-order valence-corrected chi connectivity index (χ3v) is 5.27. The molecule has 9 heteroatoms. The number of anilines is 1. The molecule has 0 radical (unpaired) electrons. The third kappa shape index (κ3) is 4.32. The fourth-order valence-corrected chi connectivity index (χ4v) is 3.46. The number of rotatable bonds is 4. The fourth-order valence-electron chi connectivity index (χ4n) is 3.19. The van der Waals surface area contributed by atoms with E-state index in [9.17, 15) is 18.0 Å². The summed E-state index contributed by atoms with van der Waals surface area (Å²) in [6.07, 6.45) is -3.99. The minimum absolute atomic E-state index is 0.0679. The molecule has 31 heavy (non-hydrogen) atoms. The average Bonchev–Trinajstić information content (AvgIpc) is 3.17. The second-order valence-electron chi connectivity index (χ2n) is 6.80. The molecule has 1 N–H and O–H groups in total. The normalized spacial score (nSPS) is 11.6. The van der Waals surface area contributed by atoms with Gasteiger partial charge in [0.25, 0.3) is 5.91 Å². The molecule has 4 aromatic rings. The van der Waals surface area contributed by atoms with Gasteiger partial charge in [-0.25, -0.2) is 9.50 Å². The second-order valence-corrected chi connectivity index (χ2v) is 7.71. The van der Waals surface area contributed by atoms with Gasteiger partial charge in [0.05, 0.1) is 5.69 Å². The maximum Gasteiger partial charge on any atom is 0.433 e. The van der Waals surface area contributed by atoms with Gasteiger partial charge in [-0.1, -0.05) is 53.2 Å². The SMILES string of the molecule is CCc1ccccc1NC(=O)c1cc2nc(-c3ccc(Br)cc3)cc(C(F)(F)F)n2n1. The van der Waals surface area contributed by atoms with Crippen molar-refractivity contribution in [3.63, 3.8) is 0 Å². The number of alkyl halides is 3. The van der Waals surface area contributed by atoms with E-state index in [4.69, 9.17) is 0 Å². The van der Waals surface area contributed by atoms with Gasteiger partial charge in [0.2, 0.25) is 0 Å². The van der Waals surface area contributed by atoms with E-state index >= 15 is 0 Å². The van der Waals surface area contributed by atoms with Crippen LogP contribution in [0.1, 0.15) is 28.7 Å². The quantitative estimate of drug-likeness (QED) is 0.383. The molecule has 5 nitrogen and oxygen atoms in total. The number of carbonyl (C=O) groups excluding carboxylic acids is 1. The summed E-state index contributed by atoms with van der Waals surface area (Å²) >= 11 is 3.30. The van der Waals surface area contributed by atoms with E-state index in [0.717, 1.165) is 16.1 Å². The van der Waals surface area contributed by atoms with Gasteiger partial charge in [-0.15, -0.1) is 0 Å². The maximum atomic E-state index is 13.7. The molecule has 0 aliphatic rings. The van der Waals surface area contributed by atoms with Crippen molar-refractivity contribution in [2.75, 3.05) is 5.32 Å². The molecular formula is C22H16BrF3N4O. The summed E-state index contributed by atoms with van der Waals surface area (Å²) in [5, 5.41) is 6.61. The highest BCUT2D eigenvalue weighted by molar-refractivity contribution is 9.10. The minimum Gasteiger partial charge on any atom is -0.320 e. The molecule has 2 aromatic heterocycles. The predicted molar refractivity (Wildman–Crippen MR) is 115 cm³/mol. The molecular weight excluding hydrogens is 473 g/mol.